The van der Waals surface area contributed by atoms with Gasteiger partial charge in [-0.2, -0.15) is 0 Å². The summed E-state index contributed by atoms with van der Waals surface area (Å²) >= 11 is 1.65. The summed E-state index contributed by atoms with van der Waals surface area (Å²) in [5.41, 5.74) is 0.416. The molecule has 0 radical (unpaired) electrons. The van der Waals surface area contributed by atoms with E-state index in [1.807, 2.05) is 13.8 Å². The van der Waals surface area contributed by atoms with Crippen LogP contribution < -0.4 is 5.32 Å². The Morgan fingerprint density at radius 3 is 2.40 bits per heavy atom. The Hall–Kier alpha value is -1.56. The van der Waals surface area contributed by atoms with Crippen LogP contribution in [0.5, 0.6) is 0 Å². The van der Waals surface area contributed by atoms with Crippen molar-refractivity contribution in [2.45, 2.75) is 45.5 Å². The van der Waals surface area contributed by atoms with Crippen molar-refractivity contribution in [2.24, 2.45) is 11.8 Å². The van der Waals surface area contributed by atoms with Crippen LogP contribution >= 0.6 is 11.8 Å². The van der Waals surface area contributed by atoms with Crippen molar-refractivity contribution >= 4 is 23.6 Å². The highest BCUT2D eigenvalue weighted by Gasteiger charge is 2.41. The summed E-state index contributed by atoms with van der Waals surface area (Å²) in [6.07, 6.45) is 0.825. The Morgan fingerprint density at radius 2 is 1.84 bits per heavy atom. The maximum atomic E-state index is 13.2. The van der Waals surface area contributed by atoms with E-state index in [1.54, 1.807) is 16.7 Å². The number of amides is 2. The highest BCUT2D eigenvalue weighted by atomic mass is 32.2. The molecule has 1 fully saturated rings. The average Bonchev–Trinajstić information content (AvgIpc) is 2.95. The number of carbonyl (C=O) groups excluding carboxylic acids is 2. The molecule has 0 saturated carbocycles. The zero-order valence-electron chi connectivity index (χ0n) is 15.3. The fourth-order valence-corrected chi connectivity index (χ4v) is 4.43. The lowest BCUT2D eigenvalue weighted by Crippen LogP contribution is -2.50. The molecule has 2 unspecified atom stereocenters. The molecule has 1 heterocycles. The Kier molecular flexibility index (Phi) is 6.87. The van der Waals surface area contributed by atoms with E-state index < -0.39 is 6.04 Å². The molecule has 1 saturated heterocycles. The van der Waals surface area contributed by atoms with Crippen LogP contribution in [0.15, 0.2) is 24.3 Å². The number of rotatable bonds is 6. The van der Waals surface area contributed by atoms with Gasteiger partial charge in [-0.25, -0.2) is 4.39 Å². The summed E-state index contributed by atoms with van der Waals surface area (Å²) < 4.78 is 13.2. The van der Waals surface area contributed by atoms with Crippen molar-refractivity contribution in [1.29, 1.82) is 0 Å². The van der Waals surface area contributed by atoms with E-state index in [2.05, 4.69) is 19.2 Å². The van der Waals surface area contributed by atoms with Gasteiger partial charge in [0.2, 0.25) is 5.91 Å². The molecule has 4 nitrogen and oxygen atoms in total. The number of halogens is 1. The zero-order chi connectivity index (χ0) is 18.6. The van der Waals surface area contributed by atoms with E-state index in [9.17, 15) is 14.0 Å². The minimum Gasteiger partial charge on any atom is -0.354 e. The van der Waals surface area contributed by atoms with Crippen molar-refractivity contribution in [3.8, 4) is 0 Å². The molecule has 1 aliphatic rings. The van der Waals surface area contributed by atoms with Crippen LogP contribution in [0.25, 0.3) is 0 Å². The Bertz CT molecular complexity index is 604. The van der Waals surface area contributed by atoms with Crippen molar-refractivity contribution < 1.29 is 14.0 Å². The molecule has 1 N–H and O–H groups in total. The van der Waals surface area contributed by atoms with E-state index in [-0.39, 0.29) is 23.0 Å². The molecule has 25 heavy (non-hydrogen) atoms. The summed E-state index contributed by atoms with van der Waals surface area (Å²) in [7, 11) is 0. The van der Waals surface area contributed by atoms with Crippen LogP contribution in [-0.2, 0) is 4.79 Å². The van der Waals surface area contributed by atoms with Crippen LogP contribution in [0, 0.1) is 17.7 Å². The quantitative estimate of drug-likeness (QED) is 0.838. The first kappa shape index (κ1) is 19.8. The number of nitrogens with zero attached hydrogens (tertiary/aromatic N) is 1. The Labute approximate surface area is 153 Å². The second kappa shape index (κ2) is 8.70. The van der Waals surface area contributed by atoms with Crippen LogP contribution in [0.4, 0.5) is 4.39 Å². The summed E-state index contributed by atoms with van der Waals surface area (Å²) in [5.74, 6) is 0.665. The standard InChI is InChI=1S/C19H27FN2O2S/c1-12(2)9-17-22(19(24)14-5-7-15(20)8-6-14)16(11-25-17)18(23)21-10-13(3)4/h5-8,12-13,16-17H,9-11H2,1-4H3,(H,21,23). The molecule has 1 aromatic rings. The van der Waals surface area contributed by atoms with Crippen LogP contribution in [0.1, 0.15) is 44.5 Å². The van der Waals surface area contributed by atoms with Gasteiger partial charge in [-0.1, -0.05) is 27.7 Å². The van der Waals surface area contributed by atoms with Gasteiger partial charge in [0, 0.05) is 17.9 Å². The second-order valence-electron chi connectivity index (χ2n) is 7.29. The van der Waals surface area contributed by atoms with Gasteiger partial charge in [-0.05, 0) is 42.5 Å². The summed E-state index contributed by atoms with van der Waals surface area (Å²) in [4.78, 5) is 27.3. The lowest BCUT2D eigenvalue weighted by molar-refractivity contribution is -0.125. The number of nitrogens with one attached hydrogen (secondary N) is 1. The second-order valence-corrected chi connectivity index (χ2v) is 8.50. The van der Waals surface area contributed by atoms with Gasteiger partial charge < -0.3 is 10.2 Å². The SMILES string of the molecule is CC(C)CNC(=O)C1CSC(CC(C)C)N1C(=O)c1ccc(F)cc1. The number of hydrogen-bond donors (Lipinski definition) is 1. The van der Waals surface area contributed by atoms with Gasteiger partial charge in [0.25, 0.3) is 5.91 Å². The van der Waals surface area contributed by atoms with Crippen molar-refractivity contribution in [3.63, 3.8) is 0 Å². The maximum Gasteiger partial charge on any atom is 0.255 e. The number of benzene rings is 1. The molecule has 138 valence electrons. The first-order chi connectivity index (χ1) is 11.8. The maximum absolute atomic E-state index is 13.2. The lowest BCUT2D eigenvalue weighted by Gasteiger charge is -2.30. The number of thioether (sulfide) groups is 1. The lowest BCUT2D eigenvalue weighted by atomic mass is 10.1. The Balaban J connectivity index is 2.22. The van der Waals surface area contributed by atoms with Crippen LogP contribution in [0.2, 0.25) is 0 Å². The summed E-state index contributed by atoms with van der Waals surface area (Å²) in [5, 5.41) is 2.90. The highest BCUT2D eigenvalue weighted by Crippen LogP contribution is 2.34. The minimum atomic E-state index is -0.481. The predicted octanol–water partition coefficient (Wildman–Crippen LogP) is 3.53. The largest absolute Gasteiger partial charge is 0.354 e. The summed E-state index contributed by atoms with van der Waals surface area (Å²) in [6.45, 7) is 8.87. The van der Waals surface area contributed by atoms with E-state index in [4.69, 9.17) is 0 Å². The third-order valence-electron chi connectivity index (χ3n) is 4.08. The van der Waals surface area contributed by atoms with E-state index in [0.29, 0.717) is 29.7 Å². The van der Waals surface area contributed by atoms with Crippen LogP contribution in [0.3, 0.4) is 0 Å². The van der Waals surface area contributed by atoms with Gasteiger partial charge >= 0.3 is 0 Å². The molecule has 1 aromatic carbocycles. The third-order valence-corrected chi connectivity index (χ3v) is 5.39. The topological polar surface area (TPSA) is 49.4 Å². The number of carbonyl (C=O) groups is 2. The molecule has 6 heteroatoms. The van der Waals surface area contributed by atoms with Gasteiger partial charge in [-0.15, -0.1) is 11.8 Å². The fourth-order valence-electron chi connectivity index (χ4n) is 2.79. The minimum absolute atomic E-state index is 0.0349. The van der Waals surface area contributed by atoms with Crippen molar-refractivity contribution in [2.75, 3.05) is 12.3 Å². The molecule has 0 aliphatic carbocycles. The van der Waals surface area contributed by atoms with E-state index >= 15 is 0 Å². The molecular formula is C19H27FN2O2S. The monoisotopic (exact) mass is 366 g/mol. The van der Waals surface area contributed by atoms with E-state index in [1.165, 1.54) is 24.3 Å². The smallest absolute Gasteiger partial charge is 0.255 e. The molecule has 0 spiro atoms. The van der Waals surface area contributed by atoms with Gasteiger partial charge in [-0.3, -0.25) is 9.59 Å². The van der Waals surface area contributed by atoms with Gasteiger partial charge in [0.1, 0.15) is 11.9 Å². The molecule has 0 aromatic heterocycles. The first-order valence-corrected chi connectivity index (χ1v) is 9.82. The normalized spacial score (nSPS) is 20.4. The first-order valence-electron chi connectivity index (χ1n) is 8.77. The predicted molar refractivity (Wildman–Crippen MR) is 99.9 cm³/mol. The zero-order valence-corrected chi connectivity index (χ0v) is 16.1. The molecule has 2 atom stereocenters. The molecule has 2 amide bonds. The fraction of sp³-hybridized carbons (Fsp3) is 0.579. The van der Waals surface area contributed by atoms with Gasteiger partial charge in [0.15, 0.2) is 0 Å². The molecule has 2 rings (SSSR count). The summed E-state index contributed by atoms with van der Waals surface area (Å²) in [6, 6.07) is 5.04. The highest BCUT2D eigenvalue weighted by molar-refractivity contribution is 8.00. The van der Waals surface area contributed by atoms with Crippen molar-refractivity contribution in [1.82, 2.24) is 10.2 Å². The third kappa shape index (κ3) is 5.21. The van der Waals surface area contributed by atoms with Crippen LogP contribution in [-0.4, -0.2) is 40.4 Å². The molecular weight excluding hydrogens is 339 g/mol. The van der Waals surface area contributed by atoms with Crippen molar-refractivity contribution in [3.05, 3.63) is 35.6 Å². The number of hydrogen-bond acceptors (Lipinski definition) is 3. The molecule has 1 aliphatic heterocycles. The van der Waals surface area contributed by atoms with Gasteiger partial charge in [0.05, 0.1) is 5.37 Å². The molecule has 0 bridgehead atoms. The Morgan fingerprint density at radius 1 is 1.20 bits per heavy atom. The average molecular weight is 367 g/mol. The van der Waals surface area contributed by atoms with E-state index in [0.717, 1.165) is 6.42 Å².